The maximum Gasteiger partial charge on any atom is 0.335 e. The van der Waals surface area contributed by atoms with Crippen LogP contribution in [-0.2, 0) is 0 Å². The fourth-order valence-corrected chi connectivity index (χ4v) is 2.46. The first kappa shape index (κ1) is 11.6. The van der Waals surface area contributed by atoms with Gasteiger partial charge < -0.3 is 4.74 Å². The molecule has 0 bridgehead atoms. The Balaban J connectivity index is 2.29. The highest BCUT2D eigenvalue weighted by Gasteiger charge is 2.11. The van der Waals surface area contributed by atoms with Crippen LogP contribution in [0.1, 0.15) is 0 Å². The van der Waals surface area contributed by atoms with Crippen molar-refractivity contribution in [2.75, 3.05) is 7.11 Å². The zero-order chi connectivity index (χ0) is 13.4. The van der Waals surface area contributed by atoms with Crippen molar-refractivity contribution in [3.8, 4) is 11.7 Å². The maximum atomic E-state index is 12.2. The molecule has 3 aromatic heterocycles. The number of aromatic amines is 1. The van der Waals surface area contributed by atoms with Crippen molar-refractivity contribution in [1.82, 2.24) is 19.7 Å². The van der Waals surface area contributed by atoms with Crippen LogP contribution in [0.2, 0.25) is 0 Å². The van der Waals surface area contributed by atoms with Crippen LogP contribution < -0.4 is 16.0 Å². The first-order valence-corrected chi connectivity index (χ1v) is 6.19. The van der Waals surface area contributed by atoms with E-state index in [1.807, 2.05) is 0 Å². The smallest absolute Gasteiger partial charge is 0.335 e. The summed E-state index contributed by atoms with van der Waals surface area (Å²) in [4.78, 5) is 27.3. The van der Waals surface area contributed by atoms with E-state index in [1.54, 1.807) is 11.4 Å². The first-order chi connectivity index (χ1) is 9.20. The van der Waals surface area contributed by atoms with Gasteiger partial charge in [0.25, 0.3) is 5.56 Å². The lowest BCUT2D eigenvalue weighted by molar-refractivity contribution is 0.391. The molecule has 0 aromatic carbocycles. The number of nitrogens with zero attached hydrogens (tertiary/aromatic N) is 3. The molecule has 3 aromatic rings. The van der Waals surface area contributed by atoms with Gasteiger partial charge in [0.1, 0.15) is 4.83 Å². The van der Waals surface area contributed by atoms with Gasteiger partial charge in [-0.15, -0.1) is 21.5 Å². The highest BCUT2D eigenvalue weighted by Crippen LogP contribution is 2.13. The number of methoxy groups -OCH3 is 1. The molecule has 0 unspecified atom stereocenters. The van der Waals surface area contributed by atoms with Crippen LogP contribution in [0.25, 0.3) is 16.0 Å². The van der Waals surface area contributed by atoms with Crippen molar-refractivity contribution >= 4 is 21.6 Å². The molecule has 8 heteroatoms. The average Bonchev–Trinajstić information content (AvgIpc) is 2.88. The standard InChI is InChI=1S/C11H8N4O3S/c1-18-8-3-2-7(13-14-8)15-10(16)6-4-5-19-9(6)12-11(15)17/h2-5H,1H3,(H,12,17). The fourth-order valence-electron chi connectivity index (χ4n) is 1.69. The minimum absolute atomic E-state index is 0.153. The van der Waals surface area contributed by atoms with Gasteiger partial charge in [-0.1, -0.05) is 0 Å². The topological polar surface area (TPSA) is 89.9 Å². The first-order valence-electron chi connectivity index (χ1n) is 5.31. The summed E-state index contributed by atoms with van der Waals surface area (Å²) in [5.74, 6) is 0.463. The Kier molecular flexibility index (Phi) is 2.64. The number of nitrogens with one attached hydrogen (secondary N) is 1. The van der Waals surface area contributed by atoms with Gasteiger partial charge in [-0.3, -0.25) is 9.78 Å². The van der Waals surface area contributed by atoms with E-state index in [1.165, 1.54) is 30.6 Å². The second kappa shape index (κ2) is 4.32. The predicted octanol–water partition coefficient (Wildman–Crippen LogP) is 0.539. The molecule has 0 saturated heterocycles. The van der Waals surface area contributed by atoms with Gasteiger partial charge in [0.15, 0.2) is 5.82 Å². The molecule has 0 aliphatic rings. The molecule has 0 aliphatic carbocycles. The Morgan fingerprint density at radius 3 is 2.79 bits per heavy atom. The van der Waals surface area contributed by atoms with Crippen LogP contribution in [0, 0.1) is 0 Å². The van der Waals surface area contributed by atoms with E-state index in [9.17, 15) is 9.59 Å². The lowest BCUT2D eigenvalue weighted by Gasteiger charge is -2.03. The zero-order valence-electron chi connectivity index (χ0n) is 9.78. The molecule has 0 saturated carbocycles. The van der Waals surface area contributed by atoms with Crippen LogP contribution >= 0.6 is 11.3 Å². The van der Waals surface area contributed by atoms with Gasteiger partial charge in [0, 0.05) is 6.07 Å². The van der Waals surface area contributed by atoms with E-state index in [0.717, 1.165) is 4.57 Å². The number of aromatic nitrogens is 4. The van der Waals surface area contributed by atoms with E-state index in [2.05, 4.69) is 15.2 Å². The average molecular weight is 276 g/mol. The second-order valence-corrected chi connectivity index (χ2v) is 4.58. The van der Waals surface area contributed by atoms with Crippen molar-refractivity contribution in [3.05, 3.63) is 44.4 Å². The summed E-state index contributed by atoms with van der Waals surface area (Å²) < 4.78 is 5.82. The molecule has 1 N–H and O–H groups in total. The lowest BCUT2D eigenvalue weighted by atomic mass is 10.4. The lowest BCUT2D eigenvalue weighted by Crippen LogP contribution is -2.33. The summed E-state index contributed by atoms with van der Waals surface area (Å²) in [6.45, 7) is 0. The molecule has 0 amide bonds. The van der Waals surface area contributed by atoms with E-state index in [4.69, 9.17) is 4.74 Å². The second-order valence-electron chi connectivity index (χ2n) is 3.67. The Morgan fingerprint density at radius 1 is 1.26 bits per heavy atom. The molecule has 96 valence electrons. The molecule has 0 aliphatic heterocycles. The van der Waals surface area contributed by atoms with Crippen molar-refractivity contribution in [2.45, 2.75) is 0 Å². The molecule has 0 atom stereocenters. The number of ether oxygens (including phenoxy) is 1. The molecular formula is C11H8N4O3S. The van der Waals surface area contributed by atoms with Gasteiger partial charge in [0.05, 0.1) is 12.5 Å². The van der Waals surface area contributed by atoms with Crippen LogP contribution in [0.3, 0.4) is 0 Å². The molecule has 0 radical (unpaired) electrons. The van der Waals surface area contributed by atoms with Gasteiger partial charge in [0.2, 0.25) is 5.88 Å². The summed E-state index contributed by atoms with van der Waals surface area (Å²) in [5, 5.41) is 9.73. The van der Waals surface area contributed by atoms with Gasteiger partial charge in [-0.2, -0.15) is 0 Å². The molecule has 19 heavy (non-hydrogen) atoms. The molecular weight excluding hydrogens is 268 g/mol. The number of fused-ring (bicyclic) bond motifs is 1. The van der Waals surface area contributed by atoms with Crippen molar-refractivity contribution in [2.24, 2.45) is 0 Å². The van der Waals surface area contributed by atoms with E-state index < -0.39 is 11.2 Å². The summed E-state index contributed by atoms with van der Waals surface area (Å²) in [5.41, 5.74) is -0.959. The number of H-pyrrole nitrogens is 1. The van der Waals surface area contributed by atoms with Crippen LogP contribution in [-0.4, -0.2) is 26.9 Å². The number of thiophene rings is 1. The highest BCUT2D eigenvalue weighted by atomic mass is 32.1. The largest absolute Gasteiger partial charge is 0.480 e. The van der Waals surface area contributed by atoms with E-state index >= 15 is 0 Å². The molecule has 7 nitrogen and oxygen atoms in total. The third-order valence-electron chi connectivity index (χ3n) is 2.59. The maximum absolute atomic E-state index is 12.2. The van der Waals surface area contributed by atoms with Crippen molar-refractivity contribution in [1.29, 1.82) is 0 Å². The van der Waals surface area contributed by atoms with Crippen LogP contribution in [0.4, 0.5) is 0 Å². The van der Waals surface area contributed by atoms with Crippen LogP contribution in [0.5, 0.6) is 5.88 Å². The summed E-state index contributed by atoms with van der Waals surface area (Å²) in [6.07, 6.45) is 0. The Labute approximate surface area is 110 Å². The van der Waals surface area contributed by atoms with Gasteiger partial charge in [-0.05, 0) is 17.5 Å². The van der Waals surface area contributed by atoms with E-state index in [-0.39, 0.29) is 5.82 Å². The number of rotatable bonds is 2. The number of hydrogen-bond donors (Lipinski definition) is 1. The monoisotopic (exact) mass is 276 g/mol. The number of hydrogen-bond acceptors (Lipinski definition) is 6. The third-order valence-corrected chi connectivity index (χ3v) is 3.42. The minimum atomic E-state index is -0.542. The van der Waals surface area contributed by atoms with Crippen molar-refractivity contribution < 1.29 is 4.74 Å². The SMILES string of the molecule is COc1ccc(-n2c(=O)[nH]c3sccc3c2=O)nn1. The Bertz CT molecular complexity index is 847. The fraction of sp³-hybridized carbons (Fsp3) is 0.0909. The normalized spacial score (nSPS) is 10.8. The highest BCUT2D eigenvalue weighted by molar-refractivity contribution is 7.16. The van der Waals surface area contributed by atoms with Gasteiger partial charge >= 0.3 is 5.69 Å². The molecule has 3 heterocycles. The summed E-state index contributed by atoms with van der Waals surface area (Å²) >= 11 is 1.30. The van der Waals surface area contributed by atoms with Gasteiger partial charge in [-0.25, -0.2) is 9.36 Å². The Hall–Kier alpha value is -2.48. The molecule has 0 fully saturated rings. The molecule has 0 spiro atoms. The van der Waals surface area contributed by atoms with E-state index in [0.29, 0.717) is 16.1 Å². The zero-order valence-corrected chi connectivity index (χ0v) is 10.6. The summed E-state index contributed by atoms with van der Waals surface area (Å²) in [6, 6.07) is 4.69. The third kappa shape index (κ3) is 1.82. The quantitative estimate of drug-likeness (QED) is 0.737. The molecule has 3 rings (SSSR count). The van der Waals surface area contributed by atoms with Crippen molar-refractivity contribution in [3.63, 3.8) is 0 Å². The summed E-state index contributed by atoms with van der Waals surface area (Å²) in [7, 11) is 1.46. The predicted molar refractivity (Wildman–Crippen MR) is 70.2 cm³/mol. The Morgan fingerprint density at radius 2 is 2.11 bits per heavy atom. The minimum Gasteiger partial charge on any atom is -0.480 e. The van der Waals surface area contributed by atoms with Crippen LogP contribution in [0.15, 0.2) is 33.2 Å².